The molecule has 2 N–H and O–H groups in total. The number of anilines is 2. The number of alkyl halides is 3. The summed E-state index contributed by atoms with van der Waals surface area (Å²) in [6, 6.07) is 6.80. The first-order valence-electron chi connectivity index (χ1n) is 6.39. The van der Waals surface area contributed by atoms with Crippen LogP contribution in [0.3, 0.4) is 0 Å². The van der Waals surface area contributed by atoms with Crippen LogP contribution in [0.15, 0.2) is 24.3 Å². The van der Waals surface area contributed by atoms with Crippen LogP contribution in [0.1, 0.15) is 20.3 Å². The molecule has 0 bridgehead atoms. The number of nitrogens with one attached hydrogen (secondary N) is 2. The van der Waals surface area contributed by atoms with E-state index in [0.717, 1.165) is 0 Å². The van der Waals surface area contributed by atoms with E-state index >= 15 is 0 Å². The molecule has 0 saturated carbocycles. The number of benzene rings is 1. The molecule has 1 aromatic rings. The van der Waals surface area contributed by atoms with Gasteiger partial charge in [-0.05, 0) is 25.1 Å². The van der Waals surface area contributed by atoms with Crippen LogP contribution in [0.2, 0.25) is 0 Å². The lowest BCUT2D eigenvalue weighted by Gasteiger charge is -2.27. The molecule has 1 unspecified atom stereocenters. The number of carbonyl (C=O) groups is 2. The van der Waals surface area contributed by atoms with Crippen molar-refractivity contribution >= 4 is 58.0 Å². The lowest BCUT2D eigenvalue weighted by atomic mass is 9.94. The topological polar surface area (TPSA) is 58.2 Å². The van der Waals surface area contributed by atoms with E-state index in [1.165, 1.54) is 0 Å². The van der Waals surface area contributed by atoms with Gasteiger partial charge in [0.25, 0.3) is 0 Å². The van der Waals surface area contributed by atoms with Gasteiger partial charge in [-0.15, -0.1) is 34.8 Å². The van der Waals surface area contributed by atoms with Crippen LogP contribution >= 0.6 is 34.8 Å². The third kappa shape index (κ3) is 4.77. The second kappa shape index (κ2) is 7.87. The molecule has 0 spiro atoms. The number of hydrogen-bond acceptors (Lipinski definition) is 2. The quantitative estimate of drug-likeness (QED) is 0.760. The van der Waals surface area contributed by atoms with Crippen LogP contribution in [-0.2, 0) is 9.59 Å². The highest BCUT2D eigenvalue weighted by atomic mass is 35.5. The summed E-state index contributed by atoms with van der Waals surface area (Å²) in [5.41, 5.74) is 0.0209. The van der Waals surface area contributed by atoms with E-state index < -0.39 is 10.3 Å². The zero-order valence-corrected chi connectivity index (χ0v) is 14.0. The number of rotatable bonds is 6. The van der Waals surface area contributed by atoms with Crippen LogP contribution in [0, 0.1) is 5.41 Å². The molecule has 2 amide bonds. The van der Waals surface area contributed by atoms with Gasteiger partial charge >= 0.3 is 0 Å². The standard InChI is InChI=1S/C14H17Cl3N2O2/c1-3-11(20)18-9-5-4-6-10(7-9)19-13(21)14(2,8-15)12(16)17/h4-7,12H,3,8H2,1-2H3,(H,18,20)(H,19,21). The Hall–Kier alpha value is -0.970. The summed E-state index contributed by atoms with van der Waals surface area (Å²) >= 11 is 17.5. The molecule has 116 valence electrons. The monoisotopic (exact) mass is 350 g/mol. The molecule has 1 aromatic carbocycles. The molecule has 0 aromatic heterocycles. The fourth-order valence-corrected chi connectivity index (χ4v) is 2.20. The van der Waals surface area contributed by atoms with E-state index in [1.807, 2.05) is 0 Å². The second-order valence-corrected chi connectivity index (χ2v) is 6.15. The average molecular weight is 352 g/mol. The van der Waals surface area contributed by atoms with E-state index in [1.54, 1.807) is 38.1 Å². The summed E-state index contributed by atoms with van der Waals surface area (Å²) in [6.45, 7) is 3.34. The van der Waals surface area contributed by atoms with Crippen molar-refractivity contribution in [1.29, 1.82) is 0 Å². The molecule has 7 heteroatoms. The lowest BCUT2D eigenvalue weighted by Crippen LogP contribution is -2.40. The van der Waals surface area contributed by atoms with Gasteiger partial charge in [0.05, 0.1) is 5.41 Å². The zero-order chi connectivity index (χ0) is 16.0. The maximum Gasteiger partial charge on any atom is 0.234 e. The summed E-state index contributed by atoms with van der Waals surface area (Å²) < 4.78 is 0. The first-order chi connectivity index (χ1) is 9.83. The molecular formula is C14H17Cl3N2O2. The summed E-state index contributed by atoms with van der Waals surface area (Å²) in [7, 11) is 0. The van der Waals surface area contributed by atoms with E-state index in [2.05, 4.69) is 10.6 Å². The minimum Gasteiger partial charge on any atom is -0.326 e. The molecule has 0 aliphatic carbocycles. The van der Waals surface area contributed by atoms with Crippen LogP contribution < -0.4 is 10.6 Å². The number of hydrogen-bond donors (Lipinski definition) is 2. The molecule has 0 aliphatic rings. The van der Waals surface area contributed by atoms with Gasteiger partial charge in [-0.25, -0.2) is 0 Å². The highest BCUT2D eigenvalue weighted by Gasteiger charge is 2.39. The Morgan fingerprint density at radius 3 is 2.29 bits per heavy atom. The molecule has 0 aliphatic heterocycles. The first kappa shape index (κ1) is 18.1. The predicted octanol–water partition coefficient (Wildman–Crippen LogP) is 4.02. The molecule has 0 heterocycles. The summed E-state index contributed by atoms with van der Waals surface area (Å²) in [4.78, 5) is 22.7. The Balaban J connectivity index is 2.86. The maximum absolute atomic E-state index is 12.2. The van der Waals surface area contributed by atoms with Crippen molar-refractivity contribution < 1.29 is 9.59 Å². The van der Waals surface area contributed by atoms with Gasteiger partial charge in [0.15, 0.2) is 0 Å². The zero-order valence-electron chi connectivity index (χ0n) is 11.8. The van der Waals surface area contributed by atoms with Gasteiger partial charge in [0.1, 0.15) is 4.84 Å². The molecular weight excluding hydrogens is 335 g/mol. The van der Waals surface area contributed by atoms with Gasteiger partial charge in [-0.2, -0.15) is 0 Å². The first-order valence-corrected chi connectivity index (χ1v) is 7.79. The molecule has 0 radical (unpaired) electrons. The van der Waals surface area contributed by atoms with Crippen LogP contribution in [0.25, 0.3) is 0 Å². The summed E-state index contributed by atoms with van der Waals surface area (Å²) in [5, 5.41) is 5.42. The van der Waals surface area contributed by atoms with Crippen molar-refractivity contribution in [2.24, 2.45) is 5.41 Å². The fourth-order valence-electron chi connectivity index (χ4n) is 1.42. The Morgan fingerprint density at radius 1 is 1.24 bits per heavy atom. The lowest BCUT2D eigenvalue weighted by molar-refractivity contribution is -0.123. The van der Waals surface area contributed by atoms with Gasteiger partial charge in [0.2, 0.25) is 11.8 Å². The molecule has 1 atom stereocenters. The van der Waals surface area contributed by atoms with Crippen LogP contribution in [0.4, 0.5) is 11.4 Å². The maximum atomic E-state index is 12.2. The third-order valence-corrected chi connectivity index (χ3v) is 4.52. The number of halogens is 3. The fraction of sp³-hybridized carbons (Fsp3) is 0.429. The SMILES string of the molecule is CCC(=O)Nc1cccc(NC(=O)C(C)(CCl)C(Cl)Cl)c1. The van der Waals surface area contributed by atoms with Crippen molar-refractivity contribution in [1.82, 2.24) is 0 Å². The molecule has 0 saturated heterocycles. The van der Waals surface area contributed by atoms with Gasteiger partial charge in [-0.3, -0.25) is 9.59 Å². The molecule has 1 rings (SSSR count). The Labute approximate surface area is 139 Å². The molecule has 21 heavy (non-hydrogen) atoms. The van der Waals surface area contributed by atoms with E-state index in [-0.39, 0.29) is 17.7 Å². The third-order valence-electron chi connectivity index (χ3n) is 3.00. The Morgan fingerprint density at radius 2 is 1.81 bits per heavy atom. The largest absolute Gasteiger partial charge is 0.326 e. The van der Waals surface area contributed by atoms with Crippen molar-refractivity contribution in [3.8, 4) is 0 Å². The van der Waals surface area contributed by atoms with E-state index in [4.69, 9.17) is 34.8 Å². The second-order valence-electron chi connectivity index (χ2n) is 4.79. The Kier molecular flexibility index (Phi) is 6.78. The summed E-state index contributed by atoms with van der Waals surface area (Å²) in [5.74, 6) is -0.500. The van der Waals surface area contributed by atoms with Crippen LogP contribution in [-0.4, -0.2) is 22.5 Å². The predicted molar refractivity (Wildman–Crippen MR) is 88.3 cm³/mol. The summed E-state index contributed by atoms with van der Waals surface area (Å²) in [6.07, 6.45) is 0.376. The normalized spacial score (nSPS) is 13.6. The number of carbonyl (C=O) groups excluding carboxylic acids is 2. The van der Waals surface area contributed by atoms with Crippen molar-refractivity contribution in [3.63, 3.8) is 0 Å². The van der Waals surface area contributed by atoms with Crippen molar-refractivity contribution in [2.75, 3.05) is 16.5 Å². The Bertz CT molecular complexity index is 523. The average Bonchev–Trinajstić information content (AvgIpc) is 2.46. The van der Waals surface area contributed by atoms with Crippen LogP contribution in [0.5, 0.6) is 0 Å². The van der Waals surface area contributed by atoms with Gasteiger partial charge in [-0.1, -0.05) is 13.0 Å². The van der Waals surface area contributed by atoms with Crippen molar-refractivity contribution in [3.05, 3.63) is 24.3 Å². The minimum absolute atomic E-state index is 0.0111. The highest BCUT2D eigenvalue weighted by molar-refractivity contribution is 6.46. The number of amides is 2. The highest BCUT2D eigenvalue weighted by Crippen LogP contribution is 2.32. The van der Waals surface area contributed by atoms with Crippen molar-refractivity contribution in [2.45, 2.75) is 25.1 Å². The molecule has 4 nitrogen and oxygen atoms in total. The smallest absolute Gasteiger partial charge is 0.234 e. The van der Waals surface area contributed by atoms with E-state index in [9.17, 15) is 9.59 Å². The minimum atomic E-state index is -1.10. The van der Waals surface area contributed by atoms with Gasteiger partial charge < -0.3 is 10.6 Å². The van der Waals surface area contributed by atoms with E-state index in [0.29, 0.717) is 17.8 Å². The van der Waals surface area contributed by atoms with Gasteiger partial charge in [0, 0.05) is 23.7 Å². The molecule has 0 fully saturated rings.